The van der Waals surface area contributed by atoms with Gasteiger partial charge in [0.1, 0.15) is 5.69 Å². The Hall–Kier alpha value is -1.61. The summed E-state index contributed by atoms with van der Waals surface area (Å²) in [6.45, 7) is 1.92. The van der Waals surface area contributed by atoms with E-state index in [4.69, 9.17) is 4.74 Å². The molecule has 0 saturated carbocycles. The van der Waals surface area contributed by atoms with Crippen molar-refractivity contribution < 1.29 is 22.7 Å². The minimum absolute atomic E-state index is 0.263. The Bertz CT molecular complexity index is 466. The number of alkyl halides is 3. The Balaban J connectivity index is 2.07. The second-order valence-corrected chi connectivity index (χ2v) is 4.08. The largest absolute Gasteiger partial charge is 0.433 e. The maximum Gasteiger partial charge on any atom is 0.433 e. The zero-order chi connectivity index (χ0) is 14.0. The number of hydrazine groups is 1. The van der Waals surface area contributed by atoms with E-state index in [1.807, 2.05) is 0 Å². The van der Waals surface area contributed by atoms with Gasteiger partial charge in [0.2, 0.25) is 0 Å². The van der Waals surface area contributed by atoms with Crippen LogP contribution in [-0.2, 0) is 18.0 Å². The fraction of sp³-hybridized carbons (Fsp3) is 0.600. The van der Waals surface area contributed by atoms with Crippen LogP contribution in [0.5, 0.6) is 0 Å². The van der Waals surface area contributed by atoms with E-state index in [9.17, 15) is 18.0 Å². The highest BCUT2D eigenvalue weighted by molar-refractivity contribution is 5.92. The fourth-order valence-electron chi connectivity index (χ4n) is 1.72. The van der Waals surface area contributed by atoms with Crippen LogP contribution >= 0.6 is 0 Å². The number of hydrogen-bond donors (Lipinski definition) is 1. The molecule has 1 aliphatic heterocycles. The molecule has 1 amide bonds. The van der Waals surface area contributed by atoms with Crippen LogP contribution in [0.25, 0.3) is 0 Å². The first kappa shape index (κ1) is 13.8. The first-order valence-corrected chi connectivity index (χ1v) is 5.63. The van der Waals surface area contributed by atoms with E-state index in [0.717, 1.165) is 13.1 Å². The second kappa shape index (κ2) is 5.17. The summed E-state index contributed by atoms with van der Waals surface area (Å²) in [5, 5.41) is 5.16. The number of carbonyl (C=O) groups is 1. The number of halogens is 3. The molecule has 0 bridgehead atoms. The van der Waals surface area contributed by atoms with Crippen molar-refractivity contribution in [1.29, 1.82) is 0 Å². The molecular formula is C10H13F3N4O2. The van der Waals surface area contributed by atoms with Gasteiger partial charge in [-0.3, -0.25) is 14.9 Å². The maximum atomic E-state index is 12.6. The second-order valence-electron chi connectivity index (χ2n) is 4.08. The molecule has 19 heavy (non-hydrogen) atoms. The van der Waals surface area contributed by atoms with Gasteiger partial charge >= 0.3 is 6.18 Å². The molecule has 106 valence electrons. The minimum Gasteiger partial charge on any atom is -0.379 e. The SMILES string of the molecule is Cn1nc(C(=O)NN2CCOCC2)cc1C(F)(F)F. The molecule has 0 aliphatic carbocycles. The smallest absolute Gasteiger partial charge is 0.379 e. The van der Waals surface area contributed by atoms with Crippen molar-refractivity contribution in [3.8, 4) is 0 Å². The van der Waals surface area contributed by atoms with Gasteiger partial charge in [0.05, 0.1) is 13.2 Å². The van der Waals surface area contributed by atoms with Gasteiger partial charge in [-0.15, -0.1) is 0 Å². The number of aromatic nitrogens is 2. The molecule has 0 radical (unpaired) electrons. The molecule has 1 saturated heterocycles. The fourth-order valence-corrected chi connectivity index (χ4v) is 1.72. The van der Waals surface area contributed by atoms with Crippen molar-refractivity contribution in [3.63, 3.8) is 0 Å². The summed E-state index contributed by atoms with van der Waals surface area (Å²) < 4.78 is 43.4. The van der Waals surface area contributed by atoms with Gasteiger partial charge < -0.3 is 4.74 Å². The van der Waals surface area contributed by atoms with Gasteiger partial charge in [0, 0.05) is 26.2 Å². The Morgan fingerprint density at radius 1 is 1.42 bits per heavy atom. The molecule has 1 aromatic rings. The summed E-state index contributed by atoms with van der Waals surface area (Å²) >= 11 is 0. The number of hydrogen-bond acceptors (Lipinski definition) is 4. The lowest BCUT2D eigenvalue weighted by atomic mass is 10.3. The molecule has 1 aliphatic rings. The standard InChI is InChI=1S/C10H13F3N4O2/c1-16-8(10(11,12)13)6-7(14-16)9(18)15-17-2-4-19-5-3-17/h6H,2-5H2,1H3,(H,15,18). The van der Waals surface area contributed by atoms with Gasteiger partial charge in [-0.2, -0.15) is 18.3 Å². The molecule has 6 nitrogen and oxygen atoms in total. The van der Waals surface area contributed by atoms with Crippen LogP contribution in [0.1, 0.15) is 16.2 Å². The summed E-state index contributed by atoms with van der Waals surface area (Å²) in [6.07, 6.45) is -4.53. The summed E-state index contributed by atoms with van der Waals surface area (Å²) in [7, 11) is 1.15. The zero-order valence-electron chi connectivity index (χ0n) is 10.2. The van der Waals surface area contributed by atoms with Crippen molar-refractivity contribution in [3.05, 3.63) is 17.5 Å². The molecule has 1 N–H and O–H groups in total. The molecule has 2 rings (SSSR count). The zero-order valence-corrected chi connectivity index (χ0v) is 10.2. The van der Waals surface area contributed by atoms with Crippen molar-refractivity contribution in [1.82, 2.24) is 20.2 Å². The molecular weight excluding hydrogens is 265 g/mol. The highest BCUT2D eigenvalue weighted by Gasteiger charge is 2.35. The van der Waals surface area contributed by atoms with Crippen molar-refractivity contribution in [2.45, 2.75) is 6.18 Å². The van der Waals surface area contributed by atoms with Crippen LogP contribution in [0.3, 0.4) is 0 Å². The Morgan fingerprint density at radius 2 is 2.05 bits per heavy atom. The van der Waals surface area contributed by atoms with E-state index >= 15 is 0 Å². The number of ether oxygens (including phenoxy) is 1. The van der Waals surface area contributed by atoms with Crippen LogP contribution in [0.15, 0.2) is 6.07 Å². The van der Waals surface area contributed by atoms with Crippen molar-refractivity contribution >= 4 is 5.91 Å². The molecule has 1 fully saturated rings. The molecule has 1 aromatic heterocycles. The van der Waals surface area contributed by atoms with Crippen LogP contribution in [0, 0.1) is 0 Å². The number of amides is 1. The van der Waals surface area contributed by atoms with E-state index in [0.29, 0.717) is 31.0 Å². The maximum absolute atomic E-state index is 12.6. The van der Waals surface area contributed by atoms with Gasteiger partial charge in [-0.25, -0.2) is 5.01 Å². The minimum atomic E-state index is -4.53. The van der Waals surface area contributed by atoms with Gasteiger partial charge in [-0.05, 0) is 0 Å². The van der Waals surface area contributed by atoms with Crippen molar-refractivity contribution in [2.24, 2.45) is 7.05 Å². The number of aryl methyl sites for hydroxylation is 1. The van der Waals surface area contributed by atoms with E-state index in [2.05, 4.69) is 10.5 Å². The highest BCUT2D eigenvalue weighted by atomic mass is 19.4. The van der Waals surface area contributed by atoms with Crippen LogP contribution in [0.4, 0.5) is 13.2 Å². The summed E-state index contributed by atoms with van der Waals surface area (Å²) in [6, 6.07) is 0.732. The third-order valence-electron chi connectivity index (χ3n) is 2.67. The average Bonchev–Trinajstić information content (AvgIpc) is 2.72. The first-order valence-electron chi connectivity index (χ1n) is 5.63. The molecule has 9 heteroatoms. The topological polar surface area (TPSA) is 59.4 Å². The number of rotatable bonds is 2. The van der Waals surface area contributed by atoms with Gasteiger partial charge in [0.25, 0.3) is 5.91 Å². The lowest BCUT2D eigenvalue weighted by molar-refractivity contribution is -0.143. The molecule has 0 atom stereocenters. The predicted molar refractivity (Wildman–Crippen MR) is 58.1 cm³/mol. The molecule has 0 unspecified atom stereocenters. The summed E-state index contributed by atoms with van der Waals surface area (Å²) in [4.78, 5) is 11.8. The third-order valence-corrected chi connectivity index (χ3v) is 2.67. The van der Waals surface area contributed by atoms with Crippen LogP contribution in [-0.4, -0.2) is 47.0 Å². The van der Waals surface area contributed by atoms with E-state index < -0.39 is 17.8 Å². The molecule has 0 spiro atoms. The molecule has 0 aromatic carbocycles. The van der Waals surface area contributed by atoms with Crippen LogP contribution in [0.2, 0.25) is 0 Å². The lowest BCUT2D eigenvalue weighted by Crippen LogP contribution is -2.48. The highest BCUT2D eigenvalue weighted by Crippen LogP contribution is 2.29. The van der Waals surface area contributed by atoms with E-state index in [-0.39, 0.29) is 5.69 Å². The Labute approximate surface area is 107 Å². The van der Waals surface area contributed by atoms with Gasteiger partial charge in [-0.1, -0.05) is 0 Å². The number of carbonyl (C=O) groups excluding carboxylic acids is 1. The monoisotopic (exact) mass is 278 g/mol. The first-order chi connectivity index (χ1) is 8.88. The Kier molecular flexibility index (Phi) is 3.76. The normalized spacial score (nSPS) is 17.5. The molecule has 2 heterocycles. The number of morpholine rings is 1. The van der Waals surface area contributed by atoms with Crippen LogP contribution < -0.4 is 5.43 Å². The van der Waals surface area contributed by atoms with Crippen molar-refractivity contribution in [2.75, 3.05) is 26.3 Å². The Morgan fingerprint density at radius 3 is 2.58 bits per heavy atom. The average molecular weight is 278 g/mol. The van der Waals surface area contributed by atoms with Gasteiger partial charge in [0.15, 0.2) is 5.69 Å². The van der Waals surface area contributed by atoms with E-state index in [1.54, 1.807) is 5.01 Å². The quantitative estimate of drug-likeness (QED) is 0.851. The van der Waals surface area contributed by atoms with E-state index in [1.165, 1.54) is 0 Å². The number of nitrogens with zero attached hydrogens (tertiary/aromatic N) is 3. The predicted octanol–water partition coefficient (Wildman–Crippen LogP) is 0.416. The lowest BCUT2D eigenvalue weighted by Gasteiger charge is -2.26. The number of nitrogens with one attached hydrogen (secondary N) is 1. The summed E-state index contributed by atoms with van der Waals surface area (Å²) in [5.74, 6) is -0.659. The third kappa shape index (κ3) is 3.24. The summed E-state index contributed by atoms with van der Waals surface area (Å²) in [5.41, 5.74) is 1.28.